The van der Waals surface area contributed by atoms with Crippen LogP contribution >= 0.6 is 0 Å². The fourth-order valence-corrected chi connectivity index (χ4v) is 3.03. The number of hydrogen-bond acceptors (Lipinski definition) is 8. The highest BCUT2D eigenvalue weighted by Gasteiger charge is 2.19. The van der Waals surface area contributed by atoms with E-state index in [2.05, 4.69) is 17.1 Å². The molecule has 0 radical (unpaired) electrons. The number of carbonyl (C=O) groups excluding carboxylic acids is 1. The van der Waals surface area contributed by atoms with Crippen molar-refractivity contribution >= 4 is 24.3 Å². The minimum Gasteiger partial charge on any atom is -0.483 e. The van der Waals surface area contributed by atoms with E-state index >= 15 is 0 Å². The van der Waals surface area contributed by atoms with Gasteiger partial charge in [-0.1, -0.05) is 6.92 Å². The number of carbonyl (C=O) groups is 4. The smallest absolute Gasteiger partial charge is 0.317 e. The molecular formula is C18H35N5O7. The molecule has 0 aliphatic carbocycles. The molecule has 0 atom stereocenters. The second-order valence-electron chi connectivity index (χ2n) is 6.83. The molecule has 1 amide bonds. The zero-order valence-corrected chi connectivity index (χ0v) is 17.8. The summed E-state index contributed by atoms with van der Waals surface area (Å²) in [6.45, 7) is 7.64. The van der Waals surface area contributed by atoms with Crippen molar-refractivity contribution in [3.63, 3.8) is 0 Å². The maximum atomic E-state index is 11.8. The van der Waals surface area contributed by atoms with Crippen molar-refractivity contribution < 1.29 is 34.5 Å². The summed E-state index contributed by atoms with van der Waals surface area (Å²) in [4.78, 5) is 50.3. The van der Waals surface area contributed by atoms with Gasteiger partial charge in [0.2, 0.25) is 5.91 Å². The number of carboxylic acids is 2. The van der Waals surface area contributed by atoms with Crippen LogP contribution in [0.1, 0.15) is 6.92 Å². The molecule has 0 spiro atoms. The summed E-state index contributed by atoms with van der Waals surface area (Å²) < 4.78 is 0. The van der Waals surface area contributed by atoms with Crippen LogP contribution in [0.5, 0.6) is 0 Å². The summed E-state index contributed by atoms with van der Waals surface area (Å²) in [6, 6.07) is 0. The average Bonchev–Trinajstić information content (AvgIpc) is 2.67. The van der Waals surface area contributed by atoms with Crippen LogP contribution < -0.4 is 5.32 Å². The maximum absolute atomic E-state index is 11.8. The zero-order chi connectivity index (χ0) is 22.9. The number of nitrogens with one attached hydrogen (secondary N) is 1. The van der Waals surface area contributed by atoms with Gasteiger partial charge in [-0.3, -0.25) is 33.9 Å². The first-order valence-corrected chi connectivity index (χ1v) is 9.87. The standard InChI is InChI=1S/C17H33N5O5.CH2O2/c1-3-19-4-6-20(12-15(23)18-2)8-9-22(14-17(26)27)11-10-21(7-5-19)13-16(24)25;2-1-3/h3-14H2,1-2H3,(H,18,23)(H,24,25)(H,26,27);1H,(H,2,3). The fourth-order valence-electron chi connectivity index (χ4n) is 3.03. The Morgan fingerprint density at radius 1 is 0.767 bits per heavy atom. The van der Waals surface area contributed by atoms with Gasteiger partial charge in [0.25, 0.3) is 6.47 Å². The van der Waals surface area contributed by atoms with Gasteiger partial charge in [0, 0.05) is 59.4 Å². The van der Waals surface area contributed by atoms with Crippen LogP contribution in [0.2, 0.25) is 0 Å². The number of rotatable bonds is 7. The number of carboxylic acid groups (broad SMARTS) is 3. The van der Waals surface area contributed by atoms with E-state index in [-0.39, 0.29) is 32.0 Å². The van der Waals surface area contributed by atoms with Gasteiger partial charge in [0.1, 0.15) is 0 Å². The van der Waals surface area contributed by atoms with Gasteiger partial charge in [0.15, 0.2) is 0 Å². The summed E-state index contributed by atoms with van der Waals surface area (Å²) in [6.07, 6.45) is 0. The number of amides is 1. The molecule has 12 nitrogen and oxygen atoms in total. The molecule has 1 saturated heterocycles. The molecular weight excluding hydrogens is 398 g/mol. The molecule has 1 heterocycles. The van der Waals surface area contributed by atoms with E-state index in [4.69, 9.17) is 20.1 Å². The normalized spacial score (nSPS) is 18.2. The number of hydrogen-bond donors (Lipinski definition) is 4. The van der Waals surface area contributed by atoms with Crippen LogP contribution in [0.3, 0.4) is 0 Å². The molecule has 0 bridgehead atoms. The van der Waals surface area contributed by atoms with E-state index in [1.54, 1.807) is 11.9 Å². The summed E-state index contributed by atoms with van der Waals surface area (Å²) in [5, 5.41) is 27.8. The Hall–Kier alpha value is -2.28. The molecule has 4 N–H and O–H groups in total. The van der Waals surface area contributed by atoms with E-state index < -0.39 is 11.9 Å². The molecule has 0 aromatic rings. The van der Waals surface area contributed by atoms with Crippen molar-refractivity contribution in [2.45, 2.75) is 6.92 Å². The highest BCUT2D eigenvalue weighted by molar-refractivity contribution is 5.77. The predicted molar refractivity (Wildman–Crippen MR) is 109 cm³/mol. The molecule has 1 aliphatic rings. The van der Waals surface area contributed by atoms with Gasteiger partial charge in [0.05, 0.1) is 19.6 Å². The molecule has 174 valence electrons. The molecule has 1 fully saturated rings. The quantitative estimate of drug-likeness (QED) is 0.325. The summed E-state index contributed by atoms with van der Waals surface area (Å²) in [7, 11) is 1.60. The Balaban J connectivity index is 0.00000263. The van der Waals surface area contributed by atoms with E-state index in [0.29, 0.717) is 39.3 Å². The van der Waals surface area contributed by atoms with E-state index in [9.17, 15) is 14.4 Å². The lowest BCUT2D eigenvalue weighted by molar-refractivity contribution is -0.140. The molecule has 0 saturated carbocycles. The van der Waals surface area contributed by atoms with Crippen molar-refractivity contribution in [1.82, 2.24) is 24.9 Å². The first-order chi connectivity index (χ1) is 14.2. The number of nitrogens with zero attached hydrogens (tertiary/aromatic N) is 4. The SMILES string of the molecule is CCN1CCN(CC(=O)O)CCN(CC(=O)O)CCN(CC(=O)NC)CC1.O=CO. The third-order valence-corrected chi connectivity index (χ3v) is 4.74. The van der Waals surface area contributed by atoms with Crippen LogP contribution in [-0.4, -0.2) is 145 Å². The third-order valence-electron chi connectivity index (χ3n) is 4.74. The molecule has 1 rings (SSSR count). The van der Waals surface area contributed by atoms with E-state index in [0.717, 1.165) is 19.6 Å². The van der Waals surface area contributed by atoms with Crippen LogP contribution in [-0.2, 0) is 19.2 Å². The van der Waals surface area contributed by atoms with Crippen molar-refractivity contribution in [1.29, 1.82) is 0 Å². The van der Waals surface area contributed by atoms with Crippen LogP contribution in [0.25, 0.3) is 0 Å². The lowest BCUT2D eigenvalue weighted by Crippen LogP contribution is -2.49. The van der Waals surface area contributed by atoms with Gasteiger partial charge in [-0.25, -0.2) is 0 Å². The fraction of sp³-hybridized carbons (Fsp3) is 0.778. The summed E-state index contributed by atoms with van der Waals surface area (Å²) in [5.41, 5.74) is 0. The lowest BCUT2D eigenvalue weighted by Gasteiger charge is -2.32. The van der Waals surface area contributed by atoms with Gasteiger partial charge >= 0.3 is 11.9 Å². The monoisotopic (exact) mass is 433 g/mol. The molecule has 30 heavy (non-hydrogen) atoms. The van der Waals surface area contributed by atoms with Crippen molar-refractivity contribution in [3.8, 4) is 0 Å². The number of aliphatic carboxylic acids is 2. The highest BCUT2D eigenvalue weighted by Crippen LogP contribution is 2.01. The Morgan fingerprint density at radius 3 is 1.33 bits per heavy atom. The van der Waals surface area contributed by atoms with Crippen LogP contribution in [0.4, 0.5) is 0 Å². The highest BCUT2D eigenvalue weighted by atomic mass is 16.4. The Kier molecular flexibility index (Phi) is 15.3. The maximum Gasteiger partial charge on any atom is 0.317 e. The largest absolute Gasteiger partial charge is 0.483 e. The molecule has 1 aliphatic heterocycles. The van der Waals surface area contributed by atoms with Crippen molar-refractivity contribution in [2.75, 3.05) is 85.6 Å². The van der Waals surface area contributed by atoms with Gasteiger partial charge < -0.3 is 25.5 Å². The molecule has 12 heteroatoms. The van der Waals surface area contributed by atoms with Gasteiger partial charge in [-0.15, -0.1) is 0 Å². The summed E-state index contributed by atoms with van der Waals surface area (Å²) in [5.74, 6) is -1.86. The van der Waals surface area contributed by atoms with Crippen molar-refractivity contribution in [2.24, 2.45) is 0 Å². The number of likely N-dealkylation sites (N-methyl/N-ethyl adjacent to an activating group) is 2. The lowest BCUT2D eigenvalue weighted by atomic mass is 10.3. The van der Waals surface area contributed by atoms with Gasteiger partial charge in [-0.05, 0) is 6.54 Å². The van der Waals surface area contributed by atoms with Gasteiger partial charge in [-0.2, -0.15) is 0 Å². The van der Waals surface area contributed by atoms with E-state index in [1.807, 2.05) is 9.80 Å². The molecule has 0 aromatic carbocycles. The van der Waals surface area contributed by atoms with Crippen LogP contribution in [0.15, 0.2) is 0 Å². The first-order valence-electron chi connectivity index (χ1n) is 9.87. The van der Waals surface area contributed by atoms with Crippen molar-refractivity contribution in [3.05, 3.63) is 0 Å². The molecule has 0 unspecified atom stereocenters. The average molecular weight is 434 g/mol. The second kappa shape index (κ2) is 16.5. The topological polar surface area (TPSA) is 154 Å². The summed E-state index contributed by atoms with van der Waals surface area (Å²) >= 11 is 0. The predicted octanol–water partition coefficient (Wildman–Crippen LogP) is -2.16. The Bertz CT molecular complexity index is 535. The Morgan fingerprint density at radius 2 is 1.07 bits per heavy atom. The Labute approximate surface area is 177 Å². The minimum absolute atomic E-state index is 0.0543. The third kappa shape index (κ3) is 13.8. The minimum atomic E-state index is -0.915. The zero-order valence-electron chi connectivity index (χ0n) is 17.8. The second-order valence-corrected chi connectivity index (χ2v) is 6.83. The molecule has 0 aromatic heterocycles. The first kappa shape index (κ1) is 27.7. The van der Waals surface area contributed by atoms with Crippen LogP contribution in [0, 0.1) is 0 Å². The van der Waals surface area contributed by atoms with E-state index in [1.165, 1.54) is 0 Å².